The van der Waals surface area contributed by atoms with Gasteiger partial charge in [0, 0.05) is 23.5 Å². The fourth-order valence-electron chi connectivity index (χ4n) is 3.39. The van der Waals surface area contributed by atoms with Gasteiger partial charge in [-0.15, -0.1) is 0 Å². The van der Waals surface area contributed by atoms with Crippen LogP contribution >= 0.6 is 15.9 Å². The van der Waals surface area contributed by atoms with Gasteiger partial charge in [0.15, 0.2) is 0 Å². The molecule has 3 nitrogen and oxygen atoms in total. The summed E-state index contributed by atoms with van der Waals surface area (Å²) in [4.78, 5) is 4.94. The van der Waals surface area contributed by atoms with Gasteiger partial charge in [-0.2, -0.15) is 0 Å². The minimum Gasteiger partial charge on any atom is -0.331 e. The molecule has 1 saturated heterocycles. The Bertz CT molecular complexity index is 597. The number of aromatic nitrogens is 2. The number of aryl methyl sites for hydroxylation is 1. The number of benzene rings is 1. The lowest BCUT2D eigenvalue weighted by atomic mass is 9.81. The smallest absolute Gasteiger partial charge is 0.117 e. The van der Waals surface area contributed by atoms with Gasteiger partial charge in [-0.1, -0.05) is 29.3 Å². The summed E-state index contributed by atoms with van der Waals surface area (Å²) < 4.78 is 3.38. The molecule has 2 aromatic rings. The molecule has 0 spiro atoms. The molecule has 1 aliphatic heterocycles. The zero-order chi connectivity index (χ0) is 13.5. The van der Waals surface area contributed by atoms with E-state index in [4.69, 9.17) is 4.98 Å². The lowest BCUT2D eigenvalue weighted by Gasteiger charge is -2.27. The van der Waals surface area contributed by atoms with E-state index in [2.05, 4.69) is 58.0 Å². The zero-order valence-corrected chi connectivity index (χ0v) is 13.1. The van der Waals surface area contributed by atoms with E-state index < -0.39 is 0 Å². The Morgan fingerprint density at radius 3 is 3.00 bits per heavy atom. The van der Waals surface area contributed by atoms with Gasteiger partial charge < -0.3 is 9.88 Å². The van der Waals surface area contributed by atoms with Gasteiger partial charge in [-0.3, -0.25) is 0 Å². The number of halogens is 1. The van der Waals surface area contributed by atoms with Crippen LogP contribution in [-0.4, -0.2) is 22.6 Å². The lowest BCUT2D eigenvalue weighted by molar-refractivity contribution is 0.393. The molecule has 0 saturated carbocycles. The van der Waals surface area contributed by atoms with Crippen molar-refractivity contribution in [3.8, 4) is 0 Å². The number of fused-ring (bicyclic) bond motifs is 1. The van der Waals surface area contributed by atoms with Gasteiger partial charge in [0.05, 0.1) is 11.0 Å². The lowest BCUT2D eigenvalue weighted by Crippen LogP contribution is -2.32. The first-order valence-corrected chi connectivity index (χ1v) is 7.79. The van der Waals surface area contributed by atoms with E-state index in [0.717, 1.165) is 23.1 Å². The third-order valence-electron chi connectivity index (χ3n) is 4.29. The van der Waals surface area contributed by atoms with Crippen molar-refractivity contribution >= 4 is 27.0 Å². The number of hydrogen-bond donors (Lipinski definition) is 1. The molecule has 0 radical (unpaired) electrons. The van der Waals surface area contributed by atoms with Gasteiger partial charge >= 0.3 is 0 Å². The molecular formula is C15H20BrN3. The highest BCUT2D eigenvalue weighted by Gasteiger charge is 2.38. The summed E-state index contributed by atoms with van der Waals surface area (Å²) in [5.74, 6) is 1.24. The average Bonchev–Trinajstić information content (AvgIpc) is 2.96. The number of imidazole rings is 1. The standard InChI is InChI=1S/C15H20BrN3/c1-3-6-15(7-8-17-10-15)14-18-12-9-11(16)4-5-13(12)19(14)2/h4-5,9,17H,3,6-8,10H2,1-2H3. The van der Waals surface area contributed by atoms with E-state index in [1.54, 1.807) is 0 Å². The van der Waals surface area contributed by atoms with E-state index in [0.29, 0.717) is 0 Å². The summed E-state index contributed by atoms with van der Waals surface area (Å²) in [6, 6.07) is 6.35. The Hall–Kier alpha value is -0.870. The first-order valence-electron chi connectivity index (χ1n) is 6.99. The molecule has 0 aliphatic carbocycles. The van der Waals surface area contributed by atoms with Crippen LogP contribution in [-0.2, 0) is 12.5 Å². The molecular weight excluding hydrogens is 302 g/mol. The van der Waals surface area contributed by atoms with E-state index in [1.807, 2.05) is 0 Å². The van der Waals surface area contributed by atoms with E-state index in [1.165, 1.54) is 30.6 Å². The first-order chi connectivity index (χ1) is 9.16. The van der Waals surface area contributed by atoms with E-state index >= 15 is 0 Å². The molecule has 4 heteroatoms. The molecule has 2 heterocycles. The Labute approximate surface area is 122 Å². The number of nitrogens with zero attached hydrogens (tertiary/aromatic N) is 2. The molecule has 0 bridgehead atoms. The summed E-state index contributed by atoms with van der Waals surface area (Å²) in [5.41, 5.74) is 2.53. The quantitative estimate of drug-likeness (QED) is 0.939. The number of rotatable bonds is 3. The van der Waals surface area contributed by atoms with Crippen molar-refractivity contribution in [1.29, 1.82) is 0 Å². The molecule has 102 valence electrons. The van der Waals surface area contributed by atoms with Crippen LogP contribution in [0, 0.1) is 0 Å². The minimum absolute atomic E-state index is 0.217. The van der Waals surface area contributed by atoms with Gasteiger partial charge in [-0.25, -0.2) is 4.98 Å². The molecule has 0 amide bonds. The molecule has 1 fully saturated rings. The van der Waals surface area contributed by atoms with Gasteiger partial charge in [0.25, 0.3) is 0 Å². The highest BCUT2D eigenvalue weighted by Crippen LogP contribution is 2.36. The van der Waals surface area contributed by atoms with Crippen molar-refractivity contribution in [3.63, 3.8) is 0 Å². The van der Waals surface area contributed by atoms with Crippen LogP contribution in [0.25, 0.3) is 11.0 Å². The summed E-state index contributed by atoms with van der Waals surface area (Å²) in [6.45, 7) is 4.42. The number of hydrogen-bond acceptors (Lipinski definition) is 2. The highest BCUT2D eigenvalue weighted by molar-refractivity contribution is 9.10. The minimum atomic E-state index is 0.217. The Balaban J connectivity index is 2.15. The number of nitrogens with one attached hydrogen (secondary N) is 1. The molecule has 1 unspecified atom stereocenters. The van der Waals surface area contributed by atoms with Crippen LogP contribution in [0.1, 0.15) is 32.0 Å². The van der Waals surface area contributed by atoms with Crippen LogP contribution in [0.2, 0.25) is 0 Å². The van der Waals surface area contributed by atoms with Crippen LogP contribution in [0.15, 0.2) is 22.7 Å². The third-order valence-corrected chi connectivity index (χ3v) is 4.78. The van der Waals surface area contributed by atoms with Gasteiger partial charge in [-0.05, 0) is 37.6 Å². The normalized spacial score (nSPS) is 23.3. The maximum absolute atomic E-state index is 4.94. The Morgan fingerprint density at radius 2 is 2.32 bits per heavy atom. The predicted octanol–water partition coefficient (Wildman–Crippen LogP) is 3.37. The van der Waals surface area contributed by atoms with Crippen molar-refractivity contribution in [3.05, 3.63) is 28.5 Å². The summed E-state index contributed by atoms with van der Waals surface area (Å²) >= 11 is 3.53. The van der Waals surface area contributed by atoms with Crippen LogP contribution in [0.5, 0.6) is 0 Å². The Morgan fingerprint density at radius 1 is 1.47 bits per heavy atom. The molecule has 1 atom stereocenters. The van der Waals surface area contributed by atoms with E-state index in [9.17, 15) is 0 Å². The fraction of sp³-hybridized carbons (Fsp3) is 0.533. The fourth-order valence-corrected chi connectivity index (χ4v) is 3.73. The topological polar surface area (TPSA) is 29.9 Å². The van der Waals surface area contributed by atoms with Crippen LogP contribution in [0.4, 0.5) is 0 Å². The van der Waals surface area contributed by atoms with Crippen molar-refractivity contribution in [2.24, 2.45) is 7.05 Å². The SMILES string of the molecule is CCCC1(c2nc3cc(Br)ccc3n2C)CCNC1. The largest absolute Gasteiger partial charge is 0.331 e. The van der Waals surface area contributed by atoms with Crippen molar-refractivity contribution in [1.82, 2.24) is 14.9 Å². The van der Waals surface area contributed by atoms with Crippen molar-refractivity contribution in [2.45, 2.75) is 31.6 Å². The second-order valence-electron chi connectivity index (χ2n) is 5.58. The molecule has 1 aromatic carbocycles. The maximum atomic E-state index is 4.94. The maximum Gasteiger partial charge on any atom is 0.117 e. The summed E-state index contributed by atoms with van der Waals surface area (Å²) in [7, 11) is 2.15. The highest BCUT2D eigenvalue weighted by atomic mass is 79.9. The van der Waals surface area contributed by atoms with Crippen LogP contribution in [0.3, 0.4) is 0 Å². The van der Waals surface area contributed by atoms with Crippen molar-refractivity contribution < 1.29 is 0 Å². The van der Waals surface area contributed by atoms with Gasteiger partial charge in [0.1, 0.15) is 5.82 Å². The molecule has 1 N–H and O–H groups in total. The zero-order valence-electron chi connectivity index (χ0n) is 11.5. The second-order valence-corrected chi connectivity index (χ2v) is 6.50. The first kappa shape index (κ1) is 13.1. The summed E-state index contributed by atoms with van der Waals surface area (Å²) in [5, 5.41) is 3.52. The molecule has 1 aliphatic rings. The molecule has 1 aromatic heterocycles. The average molecular weight is 322 g/mol. The second kappa shape index (κ2) is 4.91. The molecule has 19 heavy (non-hydrogen) atoms. The predicted molar refractivity (Wildman–Crippen MR) is 82.5 cm³/mol. The Kier molecular flexibility index (Phi) is 3.39. The van der Waals surface area contributed by atoms with E-state index in [-0.39, 0.29) is 5.41 Å². The van der Waals surface area contributed by atoms with Crippen LogP contribution < -0.4 is 5.32 Å². The third kappa shape index (κ3) is 2.11. The summed E-state index contributed by atoms with van der Waals surface area (Å²) in [6.07, 6.45) is 3.60. The van der Waals surface area contributed by atoms with Gasteiger partial charge in [0.2, 0.25) is 0 Å². The van der Waals surface area contributed by atoms with Crippen molar-refractivity contribution in [2.75, 3.05) is 13.1 Å². The monoisotopic (exact) mass is 321 g/mol. The molecule has 3 rings (SSSR count).